The van der Waals surface area contributed by atoms with Gasteiger partial charge in [0.1, 0.15) is 63.7 Å². The molecule has 35 heteroatoms. The van der Waals surface area contributed by atoms with Crippen molar-refractivity contribution in [2.45, 2.75) is 27.7 Å². The van der Waals surface area contributed by atoms with Crippen molar-refractivity contribution >= 4 is 172 Å². The van der Waals surface area contributed by atoms with Crippen LogP contribution in [-0.4, -0.2) is 131 Å². The van der Waals surface area contributed by atoms with E-state index in [1.165, 1.54) is 62.0 Å². The van der Waals surface area contributed by atoms with Gasteiger partial charge >= 0.3 is 32.1 Å². The number of nitrogens with two attached hydrogens (primary N) is 6. The maximum Gasteiger partial charge on any atom is 0.488 e. The molecule has 13 aromatic rings. The van der Waals surface area contributed by atoms with Crippen molar-refractivity contribution in [3.8, 4) is 56.3 Å². The van der Waals surface area contributed by atoms with Crippen molar-refractivity contribution in [3.63, 3.8) is 0 Å². The Bertz CT molecular complexity index is 5040. The van der Waals surface area contributed by atoms with Crippen molar-refractivity contribution < 1.29 is 49.1 Å². The zero-order valence-corrected chi connectivity index (χ0v) is 68.8. The first-order valence-electron chi connectivity index (χ1n) is 31.9. The largest absolute Gasteiger partial charge is 0.488 e. The number of esters is 2. The van der Waals surface area contributed by atoms with Crippen LogP contribution in [0.5, 0.6) is 0 Å². The molecular formula is C75H73B2Br3I2N18O10. The minimum absolute atomic E-state index is 0. The molecule has 0 fully saturated rings. The molecule has 17 N–H and O–H groups in total. The third kappa shape index (κ3) is 29.9. The first-order valence-corrected chi connectivity index (χ1v) is 35.4. The molecule has 0 radical (unpaired) electrons. The summed E-state index contributed by atoms with van der Waals surface area (Å²) in [5.41, 5.74) is 47.9. The number of halogens is 5. The monoisotopic (exact) mass is 1900 g/mol. The number of hydrogen-bond acceptors (Lipinski definition) is 27. The number of anilines is 6. The highest BCUT2D eigenvalue weighted by Crippen LogP contribution is 2.29. The third-order valence-electron chi connectivity index (χ3n) is 14.3. The van der Waals surface area contributed by atoms with Gasteiger partial charge in [0.25, 0.3) is 0 Å². The Morgan fingerprint density at radius 3 is 1.02 bits per heavy atom. The van der Waals surface area contributed by atoms with Gasteiger partial charge in [-0.3, -0.25) is 4.98 Å². The van der Waals surface area contributed by atoms with E-state index < -0.39 is 26.2 Å². The summed E-state index contributed by atoms with van der Waals surface area (Å²) < 4.78 is 12.0. The summed E-state index contributed by atoms with van der Waals surface area (Å²) in [6, 6.07) is 50.3. The van der Waals surface area contributed by atoms with Gasteiger partial charge in [-0.1, -0.05) is 156 Å². The quantitative estimate of drug-likeness (QED) is 0.0344. The van der Waals surface area contributed by atoms with Crippen LogP contribution in [-0.2, 0) is 9.47 Å². The molecule has 0 saturated carbocycles. The molecule has 0 aliphatic rings. The van der Waals surface area contributed by atoms with Crippen molar-refractivity contribution in [3.05, 3.63) is 282 Å². The number of aromatic carboxylic acids is 1. The van der Waals surface area contributed by atoms with Crippen LogP contribution in [0, 0.1) is 31.4 Å². The van der Waals surface area contributed by atoms with Crippen LogP contribution >= 0.6 is 94.4 Å². The maximum absolute atomic E-state index is 11.5. The SMILES string of the molecule is COC(=O)c1ccc(-c2cnc(N)c(-c3ccc(C)cc3)n2)cc1.COC(=O)c1ccc(B(O)O)cc1.Cc1ccc(-c2nc(-c3ccc(C(=O)O)cc3)cnc2N)cc1.Cc1ccc(-c2nc(Br)cnc2N)cc1.Cc1ccc(B(O)O)cc1.I.Nc1cnc(Br)cn1.Nc1cnccn1.Nc1ncc(Br)nc1I. The van der Waals surface area contributed by atoms with Crippen LogP contribution in [0.25, 0.3) is 56.3 Å². The van der Waals surface area contributed by atoms with Crippen LogP contribution in [0.2, 0.25) is 0 Å². The lowest BCUT2D eigenvalue weighted by Crippen LogP contribution is -2.29. The number of aromatic nitrogens is 12. The van der Waals surface area contributed by atoms with Crippen molar-refractivity contribution in [1.82, 2.24) is 59.8 Å². The lowest BCUT2D eigenvalue weighted by Gasteiger charge is -2.08. The number of benzene rings is 7. The molecule has 6 heterocycles. The smallest absolute Gasteiger partial charge is 0.478 e. The molecule has 564 valence electrons. The number of nitrogens with zero attached hydrogens (tertiary/aromatic N) is 12. The molecule has 110 heavy (non-hydrogen) atoms. The van der Waals surface area contributed by atoms with Crippen molar-refractivity contribution in [2.75, 3.05) is 48.6 Å². The van der Waals surface area contributed by atoms with E-state index in [-0.39, 0.29) is 35.5 Å². The first-order chi connectivity index (χ1) is 52.0. The van der Waals surface area contributed by atoms with E-state index >= 15 is 0 Å². The standard InChI is InChI=1S/C19H17N3O2.C18H15N3O2.C11H10BrN3.C8H9BO4.C7H9BO2.C4H3BrIN3.C4H4BrN3.C4H5N3.HI/c1-12-3-5-14(6-4-12)17-18(20)21-11-16(22-17)13-7-9-15(10-8-13)19(23)24-2;1-11-2-4-13(5-3-11)16-17(19)20-10-15(21-16)12-6-8-14(9-7-12)18(22)23;1-7-2-4-8(5-3-7)10-11(13)14-6-9(12)15-10;1-13-8(10)6-2-4-7(5-3-6)9(11)12;1-6-2-4-7(5-3-6)8(9)10;5-2-1-8-4(7)3(6)9-2;5-3-1-8-4(6)2-7-3;5-4-3-6-1-2-7-4;/h3-11H,1-2H3,(H2,20,21);2-10H,1H3,(H2,19,20)(H,22,23);2-6H,1H3,(H2,13,14);2-5,11-12H,1H3;2-5,9-10H,1H3;1H,(H2,7,8);1-2H,(H2,6,8);1-3H,(H2,5,7);1H. The molecule has 7 aromatic carbocycles. The van der Waals surface area contributed by atoms with E-state index in [1.54, 1.807) is 91.9 Å². The van der Waals surface area contributed by atoms with E-state index in [4.69, 9.17) is 64.3 Å². The second-order valence-corrected chi connectivity index (χ2v) is 25.9. The lowest BCUT2D eigenvalue weighted by atomic mass is 9.80. The predicted molar refractivity (Wildman–Crippen MR) is 458 cm³/mol. The highest BCUT2D eigenvalue weighted by molar-refractivity contribution is 14.1. The molecule has 0 saturated heterocycles. The molecule has 13 rings (SSSR count). The number of carboxylic acids is 1. The summed E-state index contributed by atoms with van der Waals surface area (Å²) in [7, 11) is -0.209. The number of rotatable bonds is 10. The predicted octanol–water partition coefficient (Wildman–Crippen LogP) is 11.4. The second-order valence-electron chi connectivity index (χ2n) is 22.5. The van der Waals surface area contributed by atoms with Gasteiger partial charge in [-0.25, -0.2) is 69.2 Å². The number of carboxylic acid groups (broad SMARTS) is 1. The second kappa shape index (κ2) is 45.8. The molecular weight excluding hydrogens is 1830 g/mol. The van der Waals surface area contributed by atoms with Gasteiger partial charge in [0.15, 0.2) is 5.82 Å². The highest BCUT2D eigenvalue weighted by atomic mass is 127. The van der Waals surface area contributed by atoms with E-state index in [0.29, 0.717) is 99.2 Å². The van der Waals surface area contributed by atoms with Crippen LogP contribution in [0.4, 0.5) is 34.9 Å². The van der Waals surface area contributed by atoms with Gasteiger partial charge in [0, 0.05) is 40.2 Å². The summed E-state index contributed by atoms with van der Waals surface area (Å²) >= 11 is 11.6. The molecule has 0 aliphatic carbocycles. The van der Waals surface area contributed by atoms with Gasteiger partial charge in [-0.05, 0) is 145 Å². The Morgan fingerprint density at radius 1 is 0.373 bits per heavy atom. The van der Waals surface area contributed by atoms with E-state index in [1.807, 2.05) is 147 Å². The van der Waals surface area contributed by atoms with Crippen LogP contribution in [0.15, 0.2) is 239 Å². The number of carbonyl (C=O) groups is 3. The minimum Gasteiger partial charge on any atom is -0.478 e. The fourth-order valence-corrected chi connectivity index (χ4v) is 10.0. The molecule has 0 spiro atoms. The van der Waals surface area contributed by atoms with E-state index in [9.17, 15) is 14.4 Å². The Hall–Kier alpha value is -10.9. The van der Waals surface area contributed by atoms with Crippen molar-refractivity contribution in [2.24, 2.45) is 0 Å². The van der Waals surface area contributed by atoms with Crippen LogP contribution < -0.4 is 45.3 Å². The molecule has 0 amide bonds. The first kappa shape index (κ1) is 89.7. The average Bonchev–Trinajstić information content (AvgIpc) is 0.815. The molecule has 0 bridgehead atoms. The average molecular weight is 1900 g/mol. The Balaban J connectivity index is 0.000000233. The maximum atomic E-state index is 11.5. The number of carbonyl (C=O) groups excluding carboxylic acids is 2. The van der Waals surface area contributed by atoms with Gasteiger partial charge < -0.3 is 69.1 Å². The summed E-state index contributed by atoms with van der Waals surface area (Å²) in [6.45, 7) is 8.03. The number of aryl methyl sites for hydroxylation is 4. The van der Waals surface area contributed by atoms with Crippen LogP contribution in [0.3, 0.4) is 0 Å². The molecule has 0 aliphatic heterocycles. The molecule has 28 nitrogen and oxygen atoms in total. The minimum atomic E-state index is -1.51. The van der Waals surface area contributed by atoms with Gasteiger partial charge in [0.05, 0.1) is 85.7 Å². The fraction of sp³-hybridized carbons (Fsp3) is 0.0800. The van der Waals surface area contributed by atoms with E-state index in [0.717, 1.165) is 42.6 Å². The lowest BCUT2D eigenvalue weighted by molar-refractivity contribution is 0.0592. The third-order valence-corrected chi connectivity index (χ3v) is 16.3. The van der Waals surface area contributed by atoms with Gasteiger partial charge in [-0.15, -0.1) is 24.0 Å². The Morgan fingerprint density at radius 2 is 0.700 bits per heavy atom. The van der Waals surface area contributed by atoms with Crippen LogP contribution in [0.1, 0.15) is 53.3 Å². The summed E-state index contributed by atoms with van der Waals surface area (Å²) in [5, 5.41) is 43.8. The summed E-state index contributed by atoms with van der Waals surface area (Å²) in [6.07, 6.45) is 14.0. The van der Waals surface area contributed by atoms with Gasteiger partial charge in [0.2, 0.25) is 0 Å². The molecule has 0 atom stereocenters. The zero-order valence-electron chi connectivity index (χ0n) is 59.5. The number of nitrogen functional groups attached to an aromatic ring is 6. The van der Waals surface area contributed by atoms with Crippen molar-refractivity contribution in [1.29, 1.82) is 0 Å². The van der Waals surface area contributed by atoms with Gasteiger partial charge in [-0.2, -0.15) is 0 Å². The fourth-order valence-electron chi connectivity index (χ4n) is 8.54. The Kier molecular flexibility index (Phi) is 37.4. The number of hydrogen-bond donors (Lipinski definition) is 11. The molecule has 0 unspecified atom stereocenters. The highest BCUT2D eigenvalue weighted by Gasteiger charge is 2.15. The molecule has 6 aromatic heterocycles. The Labute approximate surface area is 690 Å². The number of ether oxygens (including phenoxy) is 2. The topological polar surface area (TPSA) is 482 Å². The normalized spacial score (nSPS) is 9.84. The number of methoxy groups -OCH3 is 2. The summed E-state index contributed by atoms with van der Waals surface area (Å²) in [5.74, 6) is 0.787. The summed E-state index contributed by atoms with van der Waals surface area (Å²) in [4.78, 5) is 82.2. The zero-order chi connectivity index (χ0) is 79.7. The van der Waals surface area contributed by atoms with E-state index in [2.05, 4.69) is 112 Å².